The van der Waals surface area contributed by atoms with Gasteiger partial charge in [-0.3, -0.25) is 0 Å². The third-order valence-electron chi connectivity index (χ3n) is 5.64. The lowest BCUT2D eigenvalue weighted by atomic mass is 10.0. The Morgan fingerprint density at radius 3 is 2.37 bits per heavy atom. The van der Waals surface area contributed by atoms with E-state index in [0.717, 1.165) is 55.7 Å². The number of benzene rings is 1. The van der Waals surface area contributed by atoms with Crippen molar-refractivity contribution in [1.29, 1.82) is 0 Å². The summed E-state index contributed by atoms with van der Waals surface area (Å²) < 4.78 is 11.0. The summed E-state index contributed by atoms with van der Waals surface area (Å²) in [7, 11) is 7.40. The predicted molar refractivity (Wildman–Crippen MR) is 123 cm³/mol. The lowest BCUT2D eigenvalue weighted by Gasteiger charge is -2.35. The highest BCUT2D eigenvalue weighted by Gasteiger charge is 2.22. The number of hydrogen-bond acceptors (Lipinski definition) is 8. The number of nitrogens with zero attached hydrogens (tertiary/aromatic N) is 4. The van der Waals surface area contributed by atoms with Gasteiger partial charge in [0.25, 0.3) is 0 Å². The second kappa shape index (κ2) is 10.1. The molecule has 1 aromatic heterocycles. The minimum Gasteiger partial charge on any atom is -0.493 e. The molecule has 0 bridgehead atoms. The number of ether oxygens (including phenoxy) is 2. The van der Waals surface area contributed by atoms with Crippen LogP contribution in [0.5, 0.6) is 11.5 Å². The Morgan fingerprint density at radius 1 is 1.10 bits per heavy atom. The zero-order valence-electron chi connectivity index (χ0n) is 19.2. The molecule has 2 N–H and O–H groups in total. The van der Waals surface area contributed by atoms with Crippen molar-refractivity contribution in [3.63, 3.8) is 0 Å². The Bertz CT molecular complexity index is 834. The molecular formula is C22H36N6O2. The highest BCUT2D eigenvalue weighted by atomic mass is 16.5. The number of anilines is 2. The van der Waals surface area contributed by atoms with Crippen molar-refractivity contribution in [3.05, 3.63) is 12.1 Å². The van der Waals surface area contributed by atoms with Crippen molar-refractivity contribution in [2.75, 3.05) is 65.1 Å². The van der Waals surface area contributed by atoms with Crippen molar-refractivity contribution >= 4 is 22.7 Å². The second-order valence-corrected chi connectivity index (χ2v) is 8.40. The van der Waals surface area contributed by atoms with Crippen molar-refractivity contribution in [2.45, 2.75) is 38.8 Å². The standard InChI is InChI=1S/C22H36N6O2/c1-15(2)28-10-7-16(8-11-28)24-21-17-13-19(29-5)20(30-6)14-18(17)25-22(26-21)23-9-12-27(3)4/h13-16H,7-12H2,1-6H3,(H2,23,24,25,26). The van der Waals surface area contributed by atoms with Gasteiger partial charge >= 0.3 is 0 Å². The quantitative estimate of drug-likeness (QED) is 0.646. The van der Waals surface area contributed by atoms with E-state index in [2.05, 4.69) is 48.4 Å². The van der Waals surface area contributed by atoms with E-state index < -0.39 is 0 Å². The Labute approximate surface area is 180 Å². The predicted octanol–water partition coefficient (Wildman–Crippen LogP) is 2.91. The number of likely N-dealkylation sites (N-methyl/N-ethyl adjacent to an activating group) is 1. The van der Waals surface area contributed by atoms with Crippen LogP contribution in [-0.4, -0.2) is 86.3 Å². The molecule has 2 aromatic rings. The topological polar surface area (TPSA) is 74.8 Å². The molecule has 0 aliphatic carbocycles. The van der Waals surface area contributed by atoms with Gasteiger partial charge in [0.05, 0.1) is 19.7 Å². The summed E-state index contributed by atoms with van der Waals surface area (Å²) in [6.45, 7) is 8.41. The maximum atomic E-state index is 5.52. The minimum absolute atomic E-state index is 0.390. The van der Waals surface area contributed by atoms with Gasteiger partial charge in [-0.25, -0.2) is 4.98 Å². The lowest BCUT2D eigenvalue weighted by molar-refractivity contribution is 0.177. The third kappa shape index (κ3) is 5.43. The molecule has 30 heavy (non-hydrogen) atoms. The molecule has 1 aliphatic rings. The lowest BCUT2D eigenvalue weighted by Crippen LogP contribution is -2.42. The first-order valence-corrected chi connectivity index (χ1v) is 10.7. The number of piperidine rings is 1. The molecule has 0 radical (unpaired) electrons. The van der Waals surface area contributed by atoms with Crippen LogP contribution in [0.3, 0.4) is 0 Å². The normalized spacial score (nSPS) is 15.7. The average molecular weight is 417 g/mol. The van der Waals surface area contributed by atoms with Gasteiger partial charge in [0.15, 0.2) is 11.5 Å². The van der Waals surface area contributed by atoms with E-state index in [4.69, 9.17) is 19.4 Å². The highest BCUT2D eigenvalue weighted by Crippen LogP contribution is 2.35. The number of fused-ring (bicyclic) bond motifs is 1. The van der Waals surface area contributed by atoms with E-state index in [1.165, 1.54) is 0 Å². The summed E-state index contributed by atoms with van der Waals surface area (Å²) in [5, 5.41) is 7.98. The van der Waals surface area contributed by atoms with E-state index in [1.54, 1.807) is 14.2 Å². The maximum Gasteiger partial charge on any atom is 0.225 e. The van der Waals surface area contributed by atoms with E-state index >= 15 is 0 Å². The molecular weight excluding hydrogens is 380 g/mol. The summed E-state index contributed by atoms with van der Waals surface area (Å²) in [6, 6.07) is 4.86. The Hall–Kier alpha value is -2.32. The number of hydrogen-bond donors (Lipinski definition) is 2. The molecule has 0 amide bonds. The van der Waals surface area contributed by atoms with E-state index in [0.29, 0.717) is 29.5 Å². The molecule has 1 fully saturated rings. The van der Waals surface area contributed by atoms with Gasteiger partial charge in [-0.2, -0.15) is 4.98 Å². The zero-order valence-corrected chi connectivity index (χ0v) is 19.2. The first-order chi connectivity index (χ1) is 14.4. The Kier molecular flexibility index (Phi) is 7.55. The summed E-state index contributed by atoms with van der Waals surface area (Å²) in [5.41, 5.74) is 0.831. The van der Waals surface area contributed by atoms with Crippen LogP contribution in [0.1, 0.15) is 26.7 Å². The fourth-order valence-electron chi connectivity index (χ4n) is 3.79. The van der Waals surface area contributed by atoms with Crippen LogP contribution in [0.4, 0.5) is 11.8 Å². The minimum atomic E-state index is 0.390. The van der Waals surface area contributed by atoms with Gasteiger partial charge in [-0.1, -0.05) is 0 Å². The number of likely N-dealkylation sites (tertiary alicyclic amines) is 1. The van der Waals surface area contributed by atoms with Crippen LogP contribution < -0.4 is 20.1 Å². The van der Waals surface area contributed by atoms with Crippen LogP contribution >= 0.6 is 0 Å². The van der Waals surface area contributed by atoms with Crippen LogP contribution in [-0.2, 0) is 0 Å². The van der Waals surface area contributed by atoms with Gasteiger partial charge in [0, 0.05) is 49.7 Å². The number of rotatable bonds is 9. The van der Waals surface area contributed by atoms with Gasteiger partial charge in [0.2, 0.25) is 5.95 Å². The molecule has 2 heterocycles. The SMILES string of the molecule is COc1cc2nc(NCCN(C)C)nc(NC3CCN(C(C)C)CC3)c2cc1OC. The fraction of sp³-hybridized carbons (Fsp3) is 0.636. The molecule has 1 aromatic carbocycles. The number of aromatic nitrogens is 2. The molecule has 0 unspecified atom stereocenters. The molecule has 1 aliphatic heterocycles. The first-order valence-electron chi connectivity index (χ1n) is 10.7. The van der Waals surface area contributed by atoms with Crippen molar-refractivity contribution in [3.8, 4) is 11.5 Å². The maximum absolute atomic E-state index is 5.52. The largest absolute Gasteiger partial charge is 0.493 e. The smallest absolute Gasteiger partial charge is 0.225 e. The van der Waals surface area contributed by atoms with Crippen LogP contribution in [0, 0.1) is 0 Å². The molecule has 8 nitrogen and oxygen atoms in total. The second-order valence-electron chi connectivity index (χ2n) is 8.40. The summed E-state index contributed by atoms with van der Waals surface area (Å²) >= 11 is 0. The molecule has 0 saturated carbocycles. The van der Waals surface area contributed by atoms with Gasteiger partial charge in [0.1, 0.15) is 5.82 Å². The zero-order chi connectivity index (χ0) is 21.7. The molecule has 0 spiro atoms. The number of methoxy groups -OCH3 is 2. The molecule has 1 saturated heterocycles. The van der Waals surface area contributed by atoms with Gasteiger partial charge < -0.3 is 29.9 Å². The van der Waals surface area contributed by atoms with Crippen LogP contribution in [0.15, 0.2) is 12.1 Å². The van der Waals surface area contributed by atoms with Crippen molar-refractivity contribution in [1.82, 2.24) is 19.8 Å². The highest BCUT2D eigenvalue weighted by molar-refractivity contribution is 5.92. The average Bonchev–Trinajstić information content (AvgIpc) is 2.73. The van der Waals surface area contributed by atoms with E-state index in [1.807, 2.05) is 12.1 Å². The molecule has 3 rings (SSSR count). The van der Waals surface area contributed by atoms with Crippen molar-refractivity contribution in [2.24, 2.45) is 0 Å². The summed E-state index contributed by atoms with van der Waals surface area (Å²) in [4.78, 5) is 14.2. The Morgan fingerprint density at radius 2 is 1.77 bits per heavy atom. The van der Waals surface area contributed by atoms with E-state index in [9.17, 15) is 0 Å². The van der Waals surface area contributed by atoms with E-state index in [-0.39, 0.29) is 0 Å². The molecule has 8 heteroatoms. The summed E-state index contributed by atoms with van der Waals surface area (Å²) in [6.07, 6.45) is 2.20. The van der Waals surface area contributed by atoms with Crippen LogP contribution in [0.25, 0.3) is 10.9 Å². The monoisotopic (exact) mass is 416 g/mol. The Balaban J connectivity index is 1.89. The van der Waals surface area contributed by atoms with Crippen LogP contribution in [0.2, 0.25) is 0 Å². The third-order valence-corrected chi connectivity index (χ3v) is 5.64. The fourth-order valence-corrected chi connectivity index (χ4v) is 3.79. The molecule has 0 atom stereocenters. The van der Waals surface area contributed by atoms with Gasteiger partial charge in [-0.15, -0.1) is 0 Å². The number of nitrogens with one attached hydrogen (secondary N) is 2. The molecule has 166 valence electrons. The summed E-state index contributed by atoms with van der Waals surface area (Å²) in [5.74, 6) is 2.81. The van der Waals surface area contributed by atoms with Gasteiger partial charge in [-0.05, 0) is 46.9 Å². The van der Waals surface area contributed by atoms with Crippen molar-refractivity contribution < 1.29 is 9.47 Å². The first kappa shape index (κ1) is 22.4.